The van der Waals surface area contributed by atoms with E-state index in [0.717, 1.165) is 31.8 Å². The molecule has 0 aromatic rings. The van der Waals surface area contributed by atoms with Crippen molar-refractivity contribution in [3.8, 4) is 0 Å². The first-order valence-corrected chi connectivity index (χ1v) is 5.97. The van der Waals surface area contributed by atoms with Gasteiger partial charge in [-0.25, -0.2) is 0 Å². The van der Waals surface area contributed by atoms with Gasteiger partial charge in [0.1, 0.15) is 0 Å². The lowest BCUT2D eigenvalue weighted by atomic mass is 10.1. The summed E-state index contributed by atoms with van der Waals surface area (Å²) in [5, 5.41) is 0. The van der Waals surface area contributed by atoms with Crippen LogP contribution < -0.4 is 0 Å². The third kappa shape index (κ3) is 3.32. The van der Waals surface area contributed by atoms with Crippen LogP contribution in [-0.4, -0.2) is 23.9 Å². The highest BCUT2D eigenvalue weighted by Crippen LogP contribution is 2.30. The van der Waals surface area contributed by atoms with Crippen molar-refractivity contribution < 1.29 is 4.79 Å². The molecule has 1 amide bonds. The Kier molecular flexibility index (Phi) is 4.43. The van der Waals surface area contributed by atoms with Gasteiger partial charge in [0.25, 0.3) is 0 Å². The number of carbonyl (C=O) groups excluding carboxylic acids is 1. The standard InChI is InChI=1S/C12H23NO/c1-4-8-13(9-11-6-7-11)12(14)10(3)5-2/h10-11H,4-9H2,1-3H3. The summed E-state index contributed by atoms with van der Waals surface area (Å²) in [5.74, 6) is 1.39. The summed E-state index contributed by atoms with van der Waals surface area (Å²) in [4.78, 5) is 14.0. The fourth-order valence-corrected chi connectivity index (χ4v) is 1.66. The molecule has 0 aromatic heterocycles. The van der Waals surface area contributed by atoms with Gasteiger partial charge in [0, 0.05) is 19.0 Å². The van der Waals surface area contributed by atoms with Crippen LogP contribution >= 0.6 is 0 Å². The van der Waals surface area contributed by atoms with E-state index in [1.54, 1.807) is 0 Å². The predicted molar refractivity (Wildman–Crippen MR) is 59.1 cm³/mol. The molecule has 1 rings (SSSR count). The van der Waals surface area contributed by atoms with E-state index < -0.39 is 0 Å². The van der Waals surface area contributed by atoms with Crippen LogP contribution in [-0.2, 0) is 4.79 Å². The van der Waals surface area contributed by atoms with Crippen molar-refractivity contribution in [2.24, 2.45) is 11.8 Å². The molecule has 0 saturated heterocycles. The summed E-state index contributed by atoms with van der Waals surface area (Å²) in [7, 11) is 0. The largest absolute Gasteiger partial charge is 0.342 e. The normalized spacial score (nSPS) is 17.9. The molecule has 82 valence electrons. The van der Waals surface area contributed by atoms with Crippen molar-refractivity contribution in [2.75, 3.05) is 13.1 Å². The number of nitrogens with zero attached hydrogens (tertiary/aromatic N) is 1. The molecule has 1 saturated carbocycles. The first-order chi connectivity index (χ1) is 6.69. The highest BCUT2D eigenvalue weighted by atomic mass is 16.2. The van der Waals surface area contributed by atoms with E-state index in [-0.39, 0.29) is 5.92 Å². The molecule has 0 radical (unpaired) electrons. The van der Waals surface area contributed by atoms with E-state index in [1.807, 2.05) is 6.92 Å². The van der Waals surface area contributed by atoms with E-state index in [2.05, 4.69) is 18.7 Å². The fourth-order valence-electron chi connectivity index (χ4n) is 1.66. The van der Waals surface area contributed by atoms with Gasteiger partial charge in [-0.05, 0) is 31.6 Å². The SMILES string of the molecule is CCCN(CC1CC1)C(=O)C(C)CC. The molecule has 1 atom stereocenters. The molecule has 14 heavy (non-hydrogen) atoms. The monoisotopic (exact) mass is 197 g/mol. The van der Waals surface area contributed by atoms with Crippen LogP contribution in [0.25, 0.3) is 0 Å². The van der Waals surface area contributed by atoms with Gasteiger partial charge in [0.15, 0.2) is 0 Å². The molecule has 0 aliphatic heterocycles. The Balaban J connectivity index is 2.42. The van der Waals surface area contributed by atoms with Gasteiger partial charge in [0.2, 0.25) is 5.91 Å². The Morgan fingerprint density at radius 1 is 1.43 bits per heavy atom. The van der Waals surface area contributed by atoms with Crippen LogP contribution in [0, 0.1) is 11.8 Å². The van der Waals surface area contributed by atoms with Gasteiger partial charge in [-0.2, -0.15) is 0 Å². The molecule has 2 nitrogen and oxygen atoms in total. The zero-order chi connectivity index (χ0) is 10.6. The van der Waals surface area contributed by atoms with Crippen LogP contribution in [0.4, 0.5) is 0 Å². The molecule has 1 aliphatic rings. The molecule has 0 spiro atoms. The van der Waals surface area contributed by atoms with Gasteiger partial charge in [0.05, 0.1) is 0 Å². The van der Waals surface area contributed by atoms with Gasteiger partial charge in [-0.1, -0.05) is 20.8 Å². The minimum Gasteiger partial charge on any atom is -0.342 e. The Hall–Kier alpha value is -0.530. The third-order valence-electron chi connectivity index (χ3n) is 3.01. The number of hydrogen-bond donors (Lipinski definition) is 0. The van der Waals surface area contributed by atoms with Gasteiger partial charge in [-0.3, -0.25) is 4.79 Å². The smallest absolute Gasteiger partial charge is 0.225 e. The van der Waals surface area contributed by atoms with E-state index >= 15 is 0 Å². The zero-order valence-corrected chi connectivity index (χ0v) is 9.75. The Labute approximate surface area is 87.7 Å². The highest BCUT2D eigenvalue weighted by molar-refractivity contribution is 5.78. The lowest BCUT2D eigenvalue weighted by Crippen LogP contribution is -2.37. The number of carbonyl (C=O) groups is 1. The molecule has 0 bridgehead atoms. The van der Waals surface area contributed by atoms with Crippen molar-refractivity contribution in [1.29, 1.82) is 0 Å². The maximum Gasteiger partial charge on any atom is 0.225 e. The average Bonchev–Trinajstić information content (AvgIpc) is 2.98. The number of amides is 1. The van der Waals surface area contributed by atoms with Crippen LogP contribution in [0.1, 0.15) is 46.5 Å². The topological polar surface area (TPSA) is 20.3 Å². The predicted octanol–water partition coefficient (Wildman–Crippen LogP) is 2.68. The van der Waals surface area contributed by atoms with Crippen molar-refractivity contribution in [2.45, 2.75) is 46.5 Å². The zero-order valence-electron chi connectivity index (χ0n) is 9.75. The summed E-state index contributed by atoms with van der Waals surface area (Å²) in [5.41, 5.74) is 0. The van der Waals surface area contributed by atoms with Crippen molar-refractivity contribution in [1.82, 2.24) is 4.90 Å². The van der Waals surface area contributed by atoms with Gasteiger partial charge < -0.3 is 4.90 Å². The number of rotatable bonds is 6. The van der Waals surface area contributed by atoms with E-state index in [1.165, 1.54) is 12.8 Å². The molecule has 1 unspecified atom stereocenters. The molecule has 0 heterocycles. The van der Waals surface area contributed by atoms with Crippen molar-refractivity contribution in [3.05, 3.63) is 0 Å². The molecule has 1 aliphatic carbocycles. The van der Waals surface area contributed by atoms with Gasteiger partial charge >= 0.3 is 0 Å². The van der Waals surface area contributed by atoms with E-state index in [0.29, 0.717) is 5.91 Å². The Morgan fingerprint density at radius 3 is 2.50 bits per heavy atom. The lowest BCUT2D eigenvalue weighted by Gasteiger charge is -2.24. The third-order valence-corrected chi connectivity index (χ3v) is 3.01. The quantitative estimate of drug-likeness (QED) is 0.641. The van der Waals surface area contributed by atoms with E-state index in [4.69, 9.17) is 0 Å². The van der Waals surface area contributed by atoms with Crippen LogP contribution in [0.5, 0.6) is 0 Å². The average molecular weight is 197 g/mol. The van der Waals surface area contributed by atoms with E-state index in [9.17, 15) is 4.79 Å². The minimum atomic E-state index is 0.209. The van der Waals surface area contributed by atoms with Gasteiger partial charge in [-0.15, -0.1) is 0 Å². The second-order valence-electron chi connectivity index (χ2n) is 4.54. The Morgan fingerprint density at radius 2 is 2.07 bits per heavy atom. The highest BCUT2D eigenvalue weighted by Gasteiger charge is 2.27. The first-order valence-electron chi connectivity index (χ1n) is 5.97. The first kappa shape index (κ1) is 11.5. The van der Waals surface area contributed by atoms with Crippen LogP contribution in [0.3, 0.4) is 0 Å². The maximum atomic E-state index is 12.0. The number of hydrogen-bond acceptors (Lipinski definition) is 1. The van der Waals surface area contributed by atoms with Crippen LogP contribution in [0.2, 0.25) is 0 Å². The molecular weight excluding hydrogens is 174 g/mol. The summed E-state index contributed by atoms with van der Waals surface area (Å²) in [6.45, 7) is 8.22. The molecule has 2 heteroatoms. The Bertz CT molecular complexity index is 187. The molecule has 0 N–H and O–H groups in total. The summed E-state index contributed by atoms with van der Waals surface area (Å²) >= 11 is 0. The fraction of sp³-hybridized carbons (Fsp3) is 0.917. The summed E-state index contributed by atoms with van der Waals surface area (Å²) in [6.07, 6.45) is 4.70. The lowest BCUT2D eigenvalue weighted by molar-refractivity contribution is -0.135. The van der Waals surface area contributed by atoms with Crippen molar-refractivity contribution >= 4 is 5.91 Å². The second kappa shape index (κ2) is 5.38. The van der Waals surface area contributed by atoms with Crippen LogP contribution in [0.15, 0.2) is 0 Å². The summed E-state index contributed by atoms with van der Waals surface area (Å²) in [6, 6.07) is 0. The molecular formula is C12H23NO. The second-order valence-corrected chi connectivity index (χ2v) is 4.54. The molecule has 1 fully saturated rings. The minimum absolute atomic E-state index is 0.209. The summed E-state index contributed by atoms with van der Waals surface area (Å²) < 4.78 is 0. The van der Waals surface area contributed by atoms with Crippen molar-refractivity contribution in [3.63, 3.8) is 0 Å². The maximum absolute atomic E-state index is 12.0. The molecule has 0 aromatic carbocycles.